The molecule has 0 aliphatic heterocycles. The lowest BCUT2D eigenvalue weighted by Gasteiger charge is -2.06. The van der Waals surface area contributed by atoms with Crippen molar-refractivity contribution in [3.8, 4) is 22.9 Å². The van der Waals surface area contributed by atoms with Crippen LogP contribution in [0.3, 0.4) is 0 Å². The molecule has 0 aliphatic rings. The van der Waals surface area contributed by atoms with Crippen LogP contribution in [-0.2, 0) is 16.4 Å². The third-order valence-corrected chi connectivity index (χ3v) is 6.94. The Morgan fingerprint density at radius 2 is 1.77 bits per heavy atom. The Morgan fingerprint density at radius 3 is 2.46 bits per heavy atom. The van der Waals surface area contributed by atoms with Crippen LogP contribution in [0, 0.1) is 11.6 Å². The standard InChI is InChI=1S/C23H15F2N5O4S/c24-15-5-7-16(8-6-15)35(32,33)21-12-26-22(27-23(21)31)19-11-20(18-9-10-34-29-18)30(28-19)13-14-3-1-2-4-17(14)25/h1-12H,13H2,(H,26,27,31). The fraction of sp³-hybridized carbons (Fsp3) is 0.0435. The van der Waals surface area contributed by atoms with E-state index < -0.39 is 31.9 Å². The molecule has 0 saturated heterocycles. The van der Waals surface area contributed by atoms with Crippen LogP contribution in [0.15, 0.2) is 92.2 Å². The maximum Gasteiger partial charge on any atom is 0.270 e. The molecule has 5 rings (SSSR count). The summed E-state index contributed by atoms with van der Waals surface area (Å²) in [4.78, 5) is 18.3. The van der Waals surface area contributed by atoms with E-state index in [9.17, 15) is 22.0 Å². The highest BCUT2D eigenvalue weighted by Crippen LogP contribution is 2.25. The smallest absolute Gasteiger partial charge is 0.270 e. The van der Waals surface area contributed by atoms with Gasteiger partial charge in [-0.25, -0.2) is 22.2 Å². The van der Waals surface area contributed by atoms with Crippen LogP contribution in [0.2, 0.25) is 0 Å². The number of nitrogens with zero attached hydrogens (tertiary/aromatic N) is 4. The zero-order valence-electron chi connectivity index (χ0n) is 17.7. The van der Waals surface area contributed by atoms with E-state index in [0.717, 1.165) is 30.5 Å². The number of sulfone groups is 1. The van der Waals surface area contributed by atoms with Gasteiger partial charge in [-0.05, 0) is 36.4 Å². The summed E-state index contributed by atoms with van der Waals surface area (Å²) in [6.07, 6.45) is 2.28. The van der Waals surface area contributed by atoms with Crippen molar-refractivity contribution in [1.29, 1.82) is 0 Å². The monoisotopic (exact) mass is 495 g/mol. The largest absolute Gasteiger partial charge is 0.364 e. The van der Waals surface area contributed by atoms with Gasteiger partial charge in [0.2, 0.25) is 9.84 Å². The molecule has 176 valence electrons. The van der Waals surface area contributed by atoms with Gasteiger partial charge < -0.3 is 9.51 Å². The molecule has 0 saturated carbocycles. The number of benzene rings is 2. The zero-order valence-corrected chi connectivity index (χ0v) is 18.5. The van der Waals surface area contributed by atoms with E-state index >= 15 is 0 Å². The summed E-state index contributed by atoms with van der Waals surface area (Å²) < 4.78 is 59.4. The number of rotatable bonds is 6. The van der Waals surface area contributed by atoms with Gasteiger partial charge in [-0.2, -0.15) is 5.10 Å². The molecule has 3 aromatic heterocycles. The van der Waals surface area contributed by atoms with Crippen LogP contribution >= 0.6 is 0 Å². The van der Waals surface area contributed by atoms with Crippen molar-refractivity contribution in [2.75, 3.05) is 0 Å². The lowest BCUT2D eigenvalue weighted by Crippen LogP contribution is -2.19. The van der Waals surface area contributed by atoms with Gasteiger partial charge in [0.15, 0.2) is 10.7 Å². The first-order valence-corrected chi connectivity index (χ1v) is 11.6. The quantitative estimate of drug-likeness (QED) is 0.358. The normalized spacial score (nSPS) is 11.6. The third kappa shape index (κ3) is 4.26. The molecule has 0 radical (unpaired) electrons. The Hall–Kier alpha value is -4.45. The minimum Gasteiger partial charge on any atom is -0.364 e. The lowest BCUT2D eigenvalue weighted by molar-refractivity contribution is 0.421. The van der Waals surface area contributed by atoms with E-state index in [4.69, 9.17) is 4.52 Å². The van der Waals surface area contributed by atoms with E-state index in [0.29, 0.717) is 17.0 Å². The summed E-state index contributed by atoms with van der Waals surface area (Å²) in [6, 6.07) is 13.4. The molecular formula is C23H15F2N5O4S. The molecule has 0 spiro atoms. The zero-order chi connectivity index (χ0) is 24.6. The third-order valence-electron chi connectivity index (χ3n) is 5.18. The van der Waals surface area contributed by atoms with Gasteiger partial charge in [0.05, 0.1) is 23.3 Å². The molecule has 0 aliphatic carbocycles. The molecule has 12 heteroatoms. The van der Waals surface area contributed by atoms with Crippen molar-refractivity contribution in [3.05, 3.63) is 101 Å². The molecule has 0 unspecified atom stereocenters. The Labute approximate surface area is 196 Å². The van der Waals surface area contributed by atoms with E-state index in [1.165, 1.54) is 17.0 Å². The molecule has 0 bridgehead atoms. The van der Waals surface area contributed by atoms with Crippen LogP contribution in [0.4, 0.5) is 8.78 Å². The van der Waals surface area contributed by atoms with Gasteiger partial charge in [0, 0.05) is 11.6 Å². The first-order chi connectivity index (χ1) is 16.8. The van der Waals surface area contributed by atoms with Gasteiger partial charge in [0.25, 0.3) is 5.56 Å². The van der Waals surface area contributed by atoms with Crippen molar-refractivity contribution < 1.29 is 21.7 Å². The molecule has 2 aromatic carbocycles. The van der Waals surface area contributed by atoms with Gasteiger partial charge >= 0.3 is 0 Å². The number of hydrogen-bond acceptors (Lipinski definition) is 7. The summed E-state index contributed by atoms with van der Waals surface area (Å²) in [5.74, 6) is -1.04. The van der Waals surface area contributed by atoms with E-state index in [1.54, 1.807) is 30.3 Å². The number of aromatic amines is 1. The highest BCUT2D eigenvalue weighted by atomic mass is 32.2. The summed E-state index contributed by atoms with van der Waals surface area (Å²) in [6.45, 7) is 0.0517. The Kier molecular flexibility index (Phi) is 5.57. The van der Waals surface area contributed by atoms with Crippen molar-refractivity contribution in [2.24, 2.45) is 0 Å². The molecule has 9 nitrogen and oxygen atoms in total. The van der Waals surface area contributed by atoms with Crippen molar-refractivity contribution in [1.82, 2.24) is 24.9 Å². The maximum atomic E-state index is 14.2. The summed E-state index contributed by atoms with van der Waals surface area (Å²) >= 11 is 0. The predicted molar refractivity (Wildman–Crippen MR) is 119 cm³/mol. The van der Waals surface area contributed by atoms with Gasteiger partial charge in [-0.3, -0.25) is 9.48 Å². The molecular weight excluding hydrogens is 480 g/mol. The van der Waals surface area contributed by atoms with E-state index in [1.807, 2.05) is 0 Å². The van der Waals surface area contributed by atoms with Gasteiger partial charge in [-0.1, -0.05) is 23.4 Å². The maximum absolute atomic E-state index is 14.2. The van der Waals surface area contributed by atoms with Gasteiger partial charge in [-0.15, -0.1) is 0 Å². The number of H-pyrrole nitrogens is 1. The SMILES string of the molecule is O=c1[nH]c(-c2cc(-c3ccon3)n(Cc3ccccc3F)n2)ncc1S(=O)(=O)c1ccc(F)cc1. The average Bonchev–Trinajstić information content (AvgIpc) is 3.51. The highest BCUT2D eigenvalue weighted by molar-refractivity contribution is 7.91. The molecule has 3 heterocycles. The minimum absolute atomic E-state index is 0.00918. The highest BCUT2D eigenvalue weighted by Gasteiger charge is 2.23. The van der Waals surface area contributed by atoms with E-state index in [-0.39, 0.29) is 23.0 Å². The van der Waals surface area contributed by atoms with Crippen LogP contribution < -0.4 is 5.56 Å². The first-order valence-electron chi connectivity index (χ1n) is 10.2. The minimum atomic E-state index is -4.23. The Bertz CT molecular complexity index is 1680. The van der Waals surface area contributed by atoms with Crippen LogP contribution in [-0.4, -0.2) is 33.3 Å². The van der Waals surface area contributed by atoms with E-state index in [2.05, 4.69) is 20.2 Å². The second-order valence-electron chi connectivity index (χ2n) is 7.43. The van der Waals surface area contributed by atoms with Crippen LogP contribution in [0.1, 0.15) is 5.56 Å². The molecule has 35 heavy (non-hydrogen) atoms. The van der Waals surface area contributed by atoms with Crippen molar-refractivity contribution in [3.63, 3.8) is 0 Å². The second kappa shape index (κ2) is 8.72. The predicted octanol–water partition coefficient (Wildman–Crippen LogP) is 3.45. The summed E-state index contributed by atoms with van der Waals surface area (Å²) in [5, 5.41) is 8.31. The second-order valence-corrected chi connectivity index (χ2v) is 9.35. The number of hydrogen-bond donors (Lipinski definition) is 1. The molecule has 1 N–H and O–H groups in total. The molecule has 0 fully saturated rings. The number of nitrogens with one attached hydrogen (secondary N) is 1. The fourth-order valence-corrected chi connectivity index (χ4v) is 4.67. The topological polar surface area (TPSA) is 124 Å². The van der Waals surface area contributed by atoms with Crippen LogP contribution in [0.5, 0.6) is 0 Å². The van der Waals surface area contributed by atoms with Crippen molar-refractivity contribution in [2.45, 2.75) is 16.3 Å². The Balaban J connectivity index is 1.55. The number of aromatic nitrogens is 5. The first kappa shape index (κ1) is 22.3. The average molecular weight is 495 g/mol. The lowest BCUT2D eigenvalue weighted by atomic mass is 10.2. The van der Waals surface area contributed by atoms with Gasteiger partial charge in [0.1, 0.15) is 29.3 Å². The number of halogens is 2. The summed E-state index contributed by atoms with van der Waals surface area (Å²) in [7, 11) is -4.23. The van der Waals surface area contributed by atoms with Crippen LogP contribution in [0.25, 0.3) is 22.9 Å². The Morgan fingerprint density at radius 1 is 1.00 bits per heavy atom. The molecule has 5 aromatic rings. The molecule has 0 atom stereocenters. The van der Waals surface area contributed by atoms with Crippen molar-refractivity contribution >= 4 is 9.84 Å². The fourth-order valence-electron chi connectivity index (χ4n) is 3.44. The summed E-state index contributed by atoms with van der Waals surface area (Å²) in [5.41, 5.74) is 0.517. The molecule has 0 amide bonds.